The number of carbonyl (C=O) groups is 2. The topological polar surface area (TPSA) is 106 Å². The third kappa shape index (κ3) is 3.52. The van der Waals surface area contributed by atoms with Gasteiger partial charge in [0.25, 0.3) is 11.8 Å². The number of aromatic nitrogens is 3. The number of rotatable bonds is 4. The molecule has 0 aliphatic heterocycles. The Kier molecular flexibility index (Phi) is 4.62. The van der Waals surface area contributed by atoms with E-state index in [0.717, 1.165) is 43.6 Å². The third-order valence-corrected chi connectivity index (χ3v) is 6.71. The molecule has 0 aliphatic carbocycles. The zero-order valence-corrected chi connectivity index (χ0v) is 19.6. The fraction of sp³-hybridized carbons (Fsp3) is 0. The number of hydrogen-bond donors (Lipinski definition) is 5. The molecule has 4 aromatic carbocycles. The number of carbonyl (C=O) groups excluding carboxylic acids is 2. The summed E-state index contributed by atoms with van der Waals surface area (Å²) in [6.07, 6.45) is 0. The number of hydrogen-bond acceptors (Lipinski definition) is 2. The summed E-state index contributed by atoms with van der Waals surface area (Å²) in [5.74, 6) is -0.454. The van der Waals surface area contributed by atoms with Gasteiger partial charge in [0, 0.05) is 32.6 Å². The second-order valence-corrected chi connectivity index (χ2v) is 9.03. The second-order valence-electron chi connectivity index (χ2n) is 9.03. The Morgan fingerprint density at radius 1 is 0.514 bits per heavy atom. The molecule has 7 nitrogen and oxygen atoms in total. The summed E-state index contributed by atoms with van der Waals surface area (Å²) in [4.78, 5) is 35.9. The number of H-pyrrole nitrogens is 3. The summed E-state index contributed by atoms with van der Waals surface area (Å²) in [6, 6.07) is 30.8. The molecule has 3 aromatic heterocycles. The minimum atomic E-state index is -0.227. The first-order valence-corrected chi connectivity index (χ1v) is 12.0. The van der Waals surface area contributed by atoms with Crippen molar-refractivity contribution in [2.45, 2.75) is 0 Å². The zero-order chi connectivity index (χ0) is 24.9. The SMILES string of the molecule is O=C(Nc1cccc2c1[nH]c1c(NC(=O)c3cc4ccccc4[nH]3)cccc12)c1cc2ccccc2[nH]1. The van der Waals surface area contributed by atoms with Gasteiger partial charge in [0.05, 0.1) is 22.4 Å². The van der Waals surface area contributed by atoms with Gasteiger partial charge in [0.15, 0.2) is 0 Å². The Bertz CT molecular complexity index is 1780. The van der Waals surface area contributed by atoms with Crippen LogP contribution in [0.3, 0.4) is 0 Å². The number of benzene rings is 4. The van der Waals surface area contributed by atoms with Crippen LogP contribution >= 0.6 is 0 Å². The van der Waals surface area contributed by atoms with Crippen molar-refractivity contribution in [2.24, 2.45) is 0 Å². The Morgan fingerprint density at radius 3 is 1.43 bits per heavy atom. The number of anilines is 2. The van der Waals surface area contributed by atoms with Gasteiger partial charge < -0.3 is 25.6 Å². The summed E-state index contributed by atoms with van der Waals surface area (Å²) < 4.78 is 0. The van der Waals surface area contributed by atoms with Crippen LogP contribution < -0.4 is 10.6 Å². The molecular formula is C30H21N5O2. The molecule has 0 atom stereocenters. The van der Waals surface area contributed by atoms with Gasteiger partial charge in [0.2, 0.25) is 0 Å². The van der Waals surface area contributed by atoms with E-state index in [9.17, 15) is 9.59 Å². The molecule has 2 amide bonds. The quantitative estimate of drug-likeness (QED) is 0.190. The molecule has 0 spiro atoms. The van der Waals surface area contributed by atoms with Gasteiger partial charge in [0.1, 0.15) is 11.4 Å². The van der Waals surface area contributed by atoms with E-state index >= 15 is 0 Å². The van der Waals surface area contributed by atoms with E-state index in [0.29, 0.717) is 22.8 Å². The van der Waals surface area contributed by atoms with E-state index in [-0.39, 0.29) is 11.8 Å². The molecule has 0 fully saturated rings. The van der Waals surface area contributed by atoms with Gasteiger partial charge in [-0.3, -0.25) is 9.59 Å². The molecule has 7 aromatic rings. The summed E-state index contributed by atoms with van der Waals surface area (Å²) in [7, 11) is 0. The molecule has 3 heterocycles. The molecule has 0 unspecified atom stereocenters. The van der Waals surface area contributed by atoms with E-state index in [1.807, 2.05) is 97.1 Å². The van der Waals surface area contributed by atoms with Crippen molar-refractivity contribution in [3.8, 4) is 0 Å². The maximum Gasteiger partial charge on any atom is 0.272 e. The Balaban J connectivity index is 1.24. The number of nitrogens with one attached hydrogen (secondary N) is 5. The van der Waals surface area contributed by atoms with Crippen LogP contribution in [0.4, 0.5) is 11.4 Å². The molecule has 5 N–H and O–H groups in total. The number of aromatic amines is 3. The van der Waals surface area contributed by atoms with Crippen LogP contribution in [0, 0.1) is 0 Å². The van der Waals surface area contributed by atoms with Crippen molar-refractivity contribution in [1.29, 1.82) is 0 Å². The lowest BCUT2D eigenvalue weighted by molar-refractivity contribution is 0.101. The van der Waals surface area contributed by atoms with Gasteiger partial charge in [-0.25, -0.2) is 0 Å². The van der Waals surface area contributed by atoms with Crippen molar-refractivity contribution in [1.82, 2.24) is 15.0 Å². The Hall–Kier alpha value is -5.30. The minimum absolute atomic E-state index is 0.227. The smallest absolute Gasteiger partial charge is 0.272 e. The molecule has 0 aliphatic rings. The molecule has 0 radical (unpaired) electrons. The largest absolute Gasteiger partial charge is 0.351 e. The molecule has 178 valence electrons. The fourth-order valence-electron chi connectivity index (χ4n) is 4.93. The minimum Gasteiger partial charge on any atom is -0.351 e. The average Bonchev–Trinajstić information content (AvgIpc) is 3.64. The van der Waals surface area contributed by atoms with Crippen LogP contribution in [-0.2, 0) is 0 Å². The van der Waals surface area contributed by atoms with Crippen molar-refractivity contribution in [3.05, 3.63) is 108 Å². The first-order valence-electron chi connectivity index (χ1n) is 12.0. The van der Waals surface area contributed by atoms with Gasteiger partial charge in [-0.1, -0.05) is 60.7 Å². The molecular weight excluding hydrogens is 462 g/mol. The highest BCUT2D eigenvalue weighted by Crippen LogP contribution is 2.34. The lowest BCUT2D eigenvalue weighted by Crippen LogP contribution is -2.12. The van der Waals surface area contributed by atoms with Crippen LogP contribution in [0.5, 0.6) is 0 Å². The fourth-order valence-corrected chi connectivity index (χ4v) is 4.93. The van der Waals surface area contributed by atoms with E-state index in [1.54, 1.807) is 0 Å². The first kappa shape index (κ1) is 21.0. The van der Waals surface area contributed by atoms with E-state index < -0.39 is 0 Å². The van der Waals surface area contributed by atoms with Crippen molar-refractivity contribution in [2.75, 3.05) is 10.6 Å². The highest BCUT2D eigenvalue weighted by atomic mass is 16.2. The summed E-state index contributed by atoms with van der Waals surface area (Å²) in [5.41, 5.74) is 5.68. The van der Waals surface area contributed by atoms with Crippen LogP contribution in [0.2, 0.25) is 0 Å². The predicted molar refractivity (Wildman–Crippen MR) is 148 cm³/mol. The lowest BCUT2D eigenvalue weighted by atomic mass is 10.1. The molecule has 37 heavy (non-hydrogen) atoms. The molecule has 7 rings (SSSR count). The Morgan fingerprint density at radius 2 is 0.973 bits per heavy atom. The monoisotopic (exact) mass is 483 g/mol. The highest BCUT2D eigenvalue weighted by Gasteiger charge is 2.16. The van der Waals surface area contributed by atoms with Gasteiger partial charge in [-0.15, -0.1) is 0 Å². The van der Waals surface area contributed by atoms with Crippen molar-refractivity contribution in [3.63, 3.8) is 0 Å². The maximum absolute atomic E-state index is 13.1. The van der Waals surface area contributed by atoms with Gasteiger partial charge in [-0.2, -0.15) is 0 Å². The average molecular weight is 484 g/mol. The van der Waals surface area contributed by atoms with Crippen molar-refractivity contribution < 1.29 is 9.59 Å². The summed E-state index contributed by atoms with van der Waals surface area (Å²) in [5, 5.41) is 9.92. The van der Waals surface area contributed by atoms with E-state index in [2.05, 4.69) is 25.6 Å². The molecule has 0 bridgehead atoms. The zero-order valence-electron chi connectivity index (χ0n) is 19.6. The molecule has 0 saturated carbocycles. The Labute approximate surface area is 210 Å². The number of para-hydroxylation sites is 4. The first-order chi connectivity index (χ1) is 18.1. The van der Waals surface area contributed by atoms with E-state index in [1.165, 1.54) is 0 Å². The summed E-state index contributed by atoms with van der Waals surface area (Å²) in [6.45, 7) is 0. The highest BCUT2D eigenvalue weighted by molar-refractivity contribution is 6.19. The van der Waals surface area contributed by atoms with E-state index in [4.69, 9.17) is 0 Å². The van der Waals surface area contributed by atoms with Gasteiger partial charge in [-0.05, 0) is 36.4 Å². The third-order valence-electron chi connectivity index (χ3n) is 6.71. The molecule has 0 saturated heterocycles. The van der Waals surface area contributed by atoms with Crippen LogP contribution in [0.25, 0.3) is 43.6 Å². The number of amides is 2. The lowest BCUT2D eigenvalue weighted by Gasteiger charge is -2.05. The van der Waals surface area contributed by atoms with Crippen LogP contribution in [0.1, 0.15) is 21.0 Å². The van der Waals surface area contributed by atoms with Gasteiger partial charge >= 0.3 is 0 Å². The van der Waals surface area contributed by atoms with Crippen molar-refractivity contribution >= 4 is 66.8 Å². The predicted octanol–water partition coefficient (Wildman–Crippen LogP) is 6.79. The van der Waals surface area contributed by atoms with Crippen LogP contribution in [-0.4, -0.2) is 26.8 Å². The standard InChI is InChI=1S/C30H21N5O2/c36-29(25-15-17-7-1-3-11-21(17)31-25)33-23-13-5-9-19-20-10-6-14-24(28(20)35-27(19)23)34-30(37)26-16-18-8-2-4-12-22(18)32-26/h1-16,31-32,35H,(H,33,36)(H,34,37). The second kappa shape index (κ2) is 8.13. The number of fused-ring (bicyclic) bond motifs is 5. The molecule has 7 heteroatoms. The normalized spacial score (nSPS) is 11.5. The summed E-state index contributed by atoms with van der Waals surface area (Å²) >= 11 is 0. The van der Waals surface area contributed by atoms with Crippen LogP contribution in [0.15, 0.2) is 97.1 Å². The maximum atomic E-state index is 13.1.